The molecule has 0 bridgehead atoms. The summed E-state index contributed by atoms with van der Waals surface area (Å²) in [5, 5.41) is 14.9. The number of nitrogens with zero attached hydrogens (tertiary/aromatic N) is 5. The summed E-state index contributed by atoms with van der Waals surface area (Å²) < 4.78 is 8.09. The van der Waals surface area contributed by atoms with E-state index in [-0.39, 0.29) is 18.0 Å². The molecule has 4 rings (SSSR count). The minimum atomic E-state index is -0.398. The Bertz CT molecular complexity index is 1200. The lowest BCUT2D eigenvalue weighted by molar-refractivity contribution is -0.121. The average molecular weight is 364 g/mol. The summed E-state index contributed by atoms with van der Waals surface area (Å²) in [4.78, 5) is 24.9. The van der Waals surface area contributed by atoms with Crippen molar-refractivity contribution in [2.75, 3.05) is 7.11 Å². The van der Waals surface area contributed by atoms with E-state index < -0.39 is 5.56 Å². The van der Waals surface area contributed by atoms with Crippen molar-refractivity contribution in [3.8, 4) is 5.75 Å². The molecule has 1 amide bonds. The van der Waals surface area contributed by atoms with Gasteiger partial charge in [0.1, 0.15) is 17.8 Å². The molecule has 0 aliphatic heterocycles. The molecule has 4 aromatic rings. The summed E-state index contributed by atoms with van der Waals surface area (Å²) in [5.74, 6) is 0.398. The van der Waals surface area contributed by atoms with Crippen molar-refractivity contribution in [2.45, 2.75) is 13.1 Å². The Hall–Kier alpha value is -3.75. The van der Waals surface area contributed by atoms with Gasteiger partial charge in [-0.1, -0.05) is 18.2 Å². The van der Waals surface area contributed by atoms with Gasteiger partial charge in [0.05, 0.1) is 13.3 Å². The van der Waals surface area contributed by atoms with Crippen molar-refractivity contribution >= 4 is 22.6 Å². The first-order valence-corrected chi connectivity index (χ1v) is 8.25. The smallest absolute Gasteiger partial charge is 0.281 e. The molecule has 0 unspecified atom stereocenters. The monoisotopic (exact) mass is 364 g/mol. The van der Waals surface area contributed by atoms with Gasteiger partial charge in [0.25, 0.3) is 5.56 Å². The van der Waals surface area contributed by atoms with Crippen molar-refractivity contribution in [3.05, 3.63) is 64.7 Å². The number of pyridine rings is 1. The fraction of sp³-hybridized carbons (Fsp3) is 0.167. The van der Waals surface area contributed by atoms with E-state index in [4.69, 9.17) is 4.74 Å². The third-order valence-electron chi connectivity index (χ3n) is 4.20. The van der Waals surface area contributed by atoms with Gasteiger partial charge in [0.15, 0.2) is 11.2 Å². The molecule has 136 valence electrons. The van der Waals surface area contributed by atoms with Crippen LogP contribution >= 0.6 is 0 Å². The van der Waals surface area contributed by atoms with Crippen LogP contribution in [0.25, 0.3) is 16.7 Å². The minimum absolute atomic E-state index is 0.122. The number of benzene rings is 1. The fourth-order valence-corrected chi connectivity index (χ4v) is 2.85. The Morgan fingerprint density at radius 2 is 2.04 bits per heavy atom. The van der Waals surface area contributed by atoms with Gasteiger partial charge in [-0.05, 0) is 12.1 Å². The molecular weight excluding hydrogens is 348 g/mol. The zero-order chi connectivity index (χ0) is 18.8. The molecule has 0 fully saturated rings. The van der Waals surface area contributed by atoms with E-state index in [1.165, 1.54) is 9.08 Å². The first-order valence-electron chi connectivity index (χ1n) is 8.25. The van der Waals surface area contributed by atoms with Crippen molar-refractivity contribution in [1.29, 1.82) is 0 Å². The van der Waals surface area contributed by atoms with Gasteiger partial charge in [-0.25, -0.2) is 4.52 Å². The predicted octanol–water partition coefficient (Wildman–Crippen LogP) is 0.764. The number of nitrogens with one attached hydrogen (secondary N) is 1. The van der Waals surface area contributed by atoms with Crippen LogP contribution in [0.2, 0.25) is 0 Å². The molecule has 9 nitrogen and oxygen atoms in total. The molecule has 9 heteroatoms. The largest absolute Gasteiger partial charge is 0.496 e. The van der Waals surface area contributed by atoms with Crippen molar-refractivity contribution in [3.63, 3.8) is 0 Å². The van der Waals surface area contributed by atoms with Crippen LogP contribution in [0.15, 0.2) is 53.6 Å². The molecule has 0 aliphatic rings. The van der Waals surface area contributed by atoms with Gasteiger partial charge < -0.3 is 14.6 Å². The Kier molecular flexibility index (Phi) is 4.25. The van der Waals surface area contributed by atoms with Crippen molar-refractivity contribution in [2.24, 2.45) is 0 Å². The Labute approximate surface area is 153 Å². The molecule has 0 atom stereocenters. The Balaban J connectivity index is 1.54. The zero-order valence-corrected chi connectivity index (χ0v) is 14.5. The SMILES string of the molecule is COc1ccccc1CNC(=O)Cn1ccc2c(nnc3ccnn32)c1=O. The molecule has 0 saturated carbocycles. The molecule has 3 heterocycles. The Morgan fingerprint density at radius 3 is 2.89 bits per heavy atom. The second-order valence-electron chi connectivity index (χ2n) is 5.87. The molecule has 0 radical (unpaired) electrons. The van der Waals surface area contributed by atoms with Gasteiger partial charge in [-0.3, -0.25) is 9.59 Å². The highest BCUT2D eigenvalue weighted by Gasteiger charge is 2.12. The maximum absolute atomic E-state index is 12.6. The number of rotatable bonds is 5. The van der Waals surface area contributed by atoms with Gasteiger partial charge in [-0.2, -0.15) is 5.10 Å². The highest BCUT2D eigenvalue weighted by Crippen LogP contribution is 2.16. The van der Waals surface area contributed by atoms with E-state index in [0.717, 1.165) is 5.56 Å². The number of carbonyl (C=O) groups excluding carboxylic acids is 1. The number of methoxy groups -OCH3 is 1. The van der Waals surface area contributed by atoms with Crippen molar-refractivity contribution < 1.29 is 9.53 Å². The summed E-state index contributed by atoms with van der Waals surface area (Å²) in [7, 11) is 1.58. The molecular formula is C18H16N6O3. The normalized spacial score (nSPS) is 11.0. The van der Waals surface area contributed by atoms with E-state index in [9.17, 15) is 9.59 Å². The first kappa shape index (κ1) is 16.7. The van der Waals surface area contributed by atoms with Gasteiger partial charge in [0, 0.05) is 24.4 Å². The second-order valence-corrected chi connectivity index (χ2v) is 5.87. The van der Waals surface area contributed by atoms with Gasteiger partial charge >= 0.3 is 0 Å². The highest BCUT2D eigenvalue weighted by molar-refractivity contribution is 5.78. The number of amides is 1. The number of para-hydroxylation sites is 1. The van der Waals surface area contributed by atoms with E-state index in [2.05, 4.69) is 20.6 Å². The van der Waals surface area contributed by atoms with E-state index in [1.54, 1.807) is 31.6 Å². The molecule has 1 aromatic carbocycles. The van der Waals surface area contributed by atoms with E-state index in [1.807, 2.05) is 24.3 Å². The average Bonchev–Trinajstić information content (AvgIpc) is 3.18. The summed E-state index contributed by atoms with van der Waals surface area (Å²) in [6, 6.07) is 10.8. The summed E-state index contributed by atoms with van der Waals surface area (Å²) in [5.41, 5.74) is 1.71. The second kappa shape index (κ2) is 6.87. The summed E-state index contributed by atoms with van der Waals surface area (Å²) in [6.07, 6.45) is 3.14. The van der Waals surface area contributed by atoms with Crippen LogP contribution in [-0.4, -0.2) is 37.4 Å². The number of aromatic nitrogens is 5. The predicted molar refractivity (Wildman–Crippen MR) is 97.4 cm³/mol. The quantitative estimate of drug-likeness (QED) is 0.561. The number of ether oxygens (including phenoxy) is 1. The van der Waals surface area contributed by atoms with Crippen LogP contribution in [0, 0.1) is 0 Å². The maximum atomic E-state index is 12.6. The number of carbonyl (C=O) groups is 1. The summed E-state index contributed by atoms with van der Waals surface area (Å²) in [6.45, 7) is 0.182. The molecule has 1 N–H and O–H groups in total. The molecule has 0 saturated heterocycles. The van der Waals surface area contributed by atoms with Crippen LogP contribution in [0.4, 0.5) is 0 Å². The van der Waals surface area contributed by atoms with Crippen LogP contribution in [0.3, 0.4) is 0 Å². The van der Waals surface area contributed by atoms with Gasteiger partial charge in [-0.15, -0.1) is 10.2 Å². The lowest BCUT2D eigenvalue weighted by atomic mass is 10.2. The van der Waals surface area contributed by atoms with Crippen LogP contribution < -0.4 is 15.6 Å². The number of hydrogen-bond acceptors (Lipinski definition) is 6. The fourth-order valence-electron chi connectivity index (χ4n) is 2.85. The molecule has 0 aliphatic carbocycles. The zero-order valence-electron chi connectivity index (χ0n) is 14.5. The topological polar surface area (TPSA) is 103 Å². The third-order valence-corrected chi connectivity index (χ3v) is 4.20. The number of hydrogen-bond donors (Lipinski definition) is 1. The van der Waals surface area contributed by atoms with Crippen LogP contribution in [0.5, 0.6) is 5.75 Å². The van der Waals surface area contributed by atoms with Gasteiger partial charge in [0.2, 0.25) is 5.91 Å². The highest BCUT2D eigenvalue weighted by atomic mass is 16.5. The lowest BCUT2D eigenvalue weighted by Gasteiger charge is -2.10. The van der Waals surface area contributed by atoms with E-state index in [0.29, 0.717) is 23.5 Å². The third kappa shape index (κ3) is 3.10. The Morgan fingerprint density at radius 1 is 1.19 bits per heavy atom. The van der Waals surface area contributed by atoms with Crippen molar-refractivity contribution in [1.82, 2.24) is 29.7 Å². The maximum Gasteiger partial charge on any atom is 0.281 e. The molecule has 27 heavy (non-hydrogen) atoms. The molecule has 3 aromatic heterocycles. The molecule has 0 spiro atoms. The van der Waals surface area contributed by atoms with Crippen LogP contribution in [-0.2, 0) is 17.9 Å². The minimum Gasteiger partial charge on any atom is -0.496 e. The first-order chi connectivity index (χ1) is 13.2. The van der Waals surface area contributed by atoms with E-state index >= 15 is 0 Å². The van der Waals surface area contributed by atoms with Crippen LogP contribution in [0.1, 0.15) is 5.56 Å². The summed E-state index contributed by atoms with van der Waals surface area (Å²) >= 11 is 0. The number of fused-ring (bicyclic) bond motifs is 3. The lowest BCUT2D eigenvalue weighted by Crippen LogP contribution is -2.32. The standard InChI is InChI=1S/C18H16N6O3/c1-27-14-5-3-2-4-12(14)10-19-16(25)11-23-9-7-13-17(18(23)26)22-21-15-6-8-20-24(13)15/h2-9H,10-11H2,1H3,(H,19,25).